The highest BCUT2D eigenvalue weighted by Crippen LogP contribution is 2.34. The van der Waals surface area contributed by atoms with Crippen molar-refractivity contribution in [2.24, 2.45) is 5.92 Å². The third kappa shape index (κ3) is 5.03. The van der Waals surface area contributed by atoms with E-state index in [-0.39, 0.29) is 10.8 Å². The van der Waals surface area contributed by atoms with Gasteiger partial charge in [-0.15, -0.1) is 11.3 Å². The van der Waals surface area contributed by atoms with E-state index in [4.69, 9.17) is 16.7 Å². The summed E-state index contributed by atoms with van der Waals surface area (Å²) in [7, 11) is -3.57. The molecule has 0 bridgehead atoms. The van der Waals surface area contributed by atoms with E-state index in [2.05, 4.69) is 20.7 Å². The van der Waals surface area contributed by atoms with Gasteiger partial charge in [0, 0.05) is 6.54 Å². The zero-order valence-corrected chi connectivity index (χ0v) is 14.0. The zero-order chi connectivity index (χ0) is 14.6. The van der Waals surface area contributed by atoms with Crippen molar-refractivity contribution in [3.63, 3.8) is 0 Å². The van der Waals surface area contributed by atoms with Gasteiger partial charge in [0.25, 0.3) is 0 Å². The standard InChI is InChI=1S/C10H13BrClNO4S2/c1-6(10(14)15)3-2-4-13-19(16,17)8-5-7(12)9(11)18-8/h5-6,13H,2-4H2,1H3,(H,14,15). The number of nitrogens with one attached hydrogen (secondary N) is 1. The number of carbonyl (C=O) groups is 1. The molecule has 0 aliphatic carbocycles. The predicted molar refractivity (Wildman–Crippen MR) is 78.3 cm³/mol. The largest absolute Gasteiger partial charge is 0.481 e. The normalized spacial score (nSPS) is 13.4. The van der Waals surface area contributed by atoms with Crippen molar-refractivity contribution in [2.45, 2.75) is 24.0 Å². The molecule has 1 heterocycles. The van der Waals surface area contributed by atoms with Gasteiger partial charge in [0.15, 0.2) is 0 Å². The first-order chi connectivity index (χ1) is 8.74. The zero-order valence-electron chi connectivity index (χ0n) is 10.0. The second-order valence-electron chi connectivity index (χ2n) is 3.97. The van der Waals surface area contributed by atoms with E-state index in [9.17, 15) is 13.2 Å². The first-order valence-corrected chi connectivity index (χ1v) is 8.88. The maximum atomic E-state index is 11.9. The summed E-state index contributed by atoms with van der Waals surface area (Å²) in [6.07, 6.45) is 0.889. The van der Waals surface area contributed by atoms with Gasteiger partial charge in [-0.3, -0.25) is 4.79 Å². The van der Waals surface area contributed by atoms with Crippen LogP contribution in [0.25, 0.3) is 0 Å². The number of thiophene rings is 1. The Labute approximate surface area is 129 Å². The van der Waals surface area contributed by atoms with E-state index in [1.807, 2.05) is 0 Å². The number of carboxylic acid groups (broad SMARTS) is 1. The quantitative estimate of drug-likeness (QED) is 0.701. The number of hydrogen-bond donors (Lipinski definition) is 2. The van der Waals surface area contributed by atoms with Crippen molar-refractivity contribution in [2.75, 3.05) is 6.54 Å². The Balaban J connectivity index is 2.50. The van der Waals surface area contributed by atoms with E-state index in [0.29, 0.717) is 21.7 Å². The maximum Gasteiger partial charge on any atom is 0.306 e. The Kier molecular flexibility index (Phi) is 6.25. The lowest BCUT2D eigenvalue weighted by Crippen LogP contribution is -2.24. The van der Waals surface area contributed by atoms with Crippen molar-refractivity contribution in [3.8, 4) is 0 Å². The molecule has 0 amide bonds. The summed E-state index contributed by atoms with van der Waals surface area (Å²) in [4.78, 5) is 10.6. The topological polar surface area (TPSA) is 83.5 Å². The molecule has 0 saturated carbocycles. The lowest BCUT2D eigenvalue weighted by atomic mass is 10.1. The van der Waals surface area contributed by atoms with Gasteiger partial charge in [0.1, 0.15) is 4.21 Å². The van der Waals surface area contributed by atoms with Gasteiger partial charge < -0.3 is 5.11 Å². The van der Waals surface area contributed by atoms with Gasteiger partial charge in [-0.2, -0.15) is 0 Å². The summed E-state index contributed by atoms with van der Waals surface area (Å²) >= 11 is 9.96. The molecular weight excluding hydrogens is 378 g/mol. The number of sulfonamides is 1. The van der Waals surface area contributed by atoms with Gasteiger partial charge in [0.05, 0.1) is 14.7 Å². The Morgan fingerprint density at radius 1 is 1.63 bits per heavy atom. The molecular formula is C10H13BrClNO4S2. The van der Waals surface area contributed by atoms with Crippen LogP contribution in [0.2, 0.25) is 5.02 Å². The summed E-state index contributed by atoms with van der Waals surface area (Å²) < 4.78 is 26.9. The molecule has 1 unspecified atom stereocenters. The van der Waals surface area contributed by atoms with Gasteiger partial charge >= 0.3 is 5.97 Å². The first-order valence-electron chi connectivity index (χ1n) is 5.41. The summed E-state index contributed by atoms with van der Waals surface area (Å²) in [5.74, 6) is -1.35. The van der Waals surface area contributed by atoms with E-state index in [1.54, 1.807) is 6.92 Å². The summed E-state index contributed by atoms with van der Waals surface area (Å²) in [6, 6.07) is 1.37. The first kappa shape index (κ1) is 16.9. The van der Waals surface area contributed by atoms with Crippen LogP contribution < -0.4 is 4.72 Å². The average Bonchev–Trinajstić information content (AvgIpc) is 2.65. The molecule has 1 atom stereocenters. The Hall–Kier alpha value is -0.150. The fourth-order valence-electron chi connectivity index (χ4n) is 1.27. The molecule has 19 heavy (non-hydrogen) atoms. The van der Waals surface area contributed by atoms with Crippen molar-refractivity contribution in [1.82, 2.24) is 4.72 Å². The van der Waals surface area contributed by atoms with Crippen LogP contribution in [0.4, 0.5) is 0 Å². The lowest BCUT2D eigenvalue weighted by molar-refractivity contribution is -0.141. The fourth-order valence-corrected chi connectivity index (χ4v) is 4.79. The van der Waals surface area contributed by atoms with Crippen LogP contribution in [0, 0.1) is 5.92 Å². The molecule has 0 aromatic carbocycles. The summed E-state index contributed by atoms with van der Waals surface area (Å²) in [5.41, 5.74) is 0. The molecule has 108 valence electrons. The van der Waals surface area contributed by atoms with Crippen LogP contribution in [-0.2, 0) is 14.8 Å². The Morgan fingerprint density at radius 3 is 2.74 bits per heavy atom. The van der Waals surface area contributed by atoms with Crippen LogP contribution in [-0.4, -0.2) is 26.0 Å². The number of halogens is 2. The summed E-state index contributed by atoms with van der Waals surface area (Å²) in [6.45, 7) is 1.79. The molecule has 2 N–H and O–H groups in total. The van der Waals surface area contributed by atoms with Crippen LogP contribution in [0.15, 0.2) is 14.1 Å². The van der Waals surface area contributed by atoms with E-state index in [0.717, 1.165) is 11.3 Å². The monoisotopic (exact) mass is 389 g/mol. The average molecular weight is 391 g/mol. The Morgan fingerprint density at radius 2 is 2.26 bits per heavy atom. The molecule has 0 radical (unpaired) electrons. The second-order valence-corrected chi connectivity index (χ2v) is 8.74. The highest BCUT2D eigenvalue weighted by Gasteiger charge is 2.18. The second kappa shape index (κ2) is 7.03. The van der Waals surface area contributed by atoms with Gasteiger partial charge in [-0.1, -0.05) is 18.5 Å². The SMILES string of the molecule is CC(CCCNS(=O)(=O)c1cc(Cl)c(Br)s1)C(=O)O. The summed E-state index contributed by atoms with van der Waals surface area (Å²) in [5, 5.41) is 9.05. The number of rotatable bonds is 7. The molecule has 0 spiro atoms. The number of carboxylic acids is 1. The van der Waals surface area contributed by atoms with Gasteiger partial charge in [-0.25, -0.2) is 13.1 Å². The minimum atomic E-state index is -3.57. The minimum Gasteiger partial charge on any atom is -0.481 e. The van der Waals surface area contributed by atoms with Crippen LogP contribution >= 0.6 is 38.9 Å². The molecule has 1 rings (SSSR count). The number of hydrogen-bond acceptors (Lipinski definition) is 4. The van der Waals surface area contributed by atoms with E-state index in [1.165, 1.54) is 6.07 Å². The van der Waals surface area contributed by atoms with E-state index < -0.39 is 21.9 Å². The van der Waals surface area contributed by atoms with Crippen molar-refractivity contribution in [1.29, 1.82) is 0 Å². The Bertz CT molecular complexity index is 538. The minimum absolute atomic E-state index is 0.135. The van der Waals surface area contributed by atoms with Crippen molar-refractivity contribution in [3.05, 3.63) is 14.9 Å². The molecule has 5 nitrogen and oxygen atoms in total. The molecule has 0 aliphatic heterocycles. The maximum absolute atomic E-state index is 11.9. The van der Waals surface area contributed by atoms with Gasteiger partial charge in [0.2, 0.25) is 10.0 Å². The van der Waals surface area contributed by atoms with Gasteiger partial charge in [-0.05, 0) is 34.8 Å². The smallest absolute Gasteiger partial charge is 0.306 e. The fraction of sp³-hybridized carbons (Fsp3) is 0.500. The third-order valence-electron chi connectivity index (χ3n) is 2.41. The third-order valence-corrected chi connectivity index (χ3v) is 6.82. The van der Waals surface area contributed by atoms with E-state index >= 15 is 0 Å². The molecule has 1 aromatic heterocycles. The lowest BCUT2D eigenvalue weighted by Gasteiger charge is -2.07. The predicted octanol–water partition coefficient (Wildman–Crippen LogP) is 2.94. The van der Waals surface area contributed by atoms with Crippen molar-refractivity contribution < 1.29 is 18.3 Å². The van der Waals surface area contributed by atoms with Crippen LogP contribution in [0.3, 0.4) is 0 Å². The van der Waals surface area contributed by atoms with Crippen LogP contribution in [0.1, 0.15) is 19.8 Å². The molecule has 0 fully saturated rings. The highest BCUT2D eigenvalue weighted by molar-refractivity contribution is 9.11. The number of aliphatic carboxylic acids is 1. The molecule has 0 saturated heterocycles. The molecule has 9 heteroatoms. The highest BCUT2D eigenvalue weighted by atomic mass is 79.9. The van der Waals surface area contributed by atoms with Crippen LogP contribution in [0.5, 0.6) is 0 Å². The molecule has 0 aliphatic rings. The van der Waals surface area contributed by atoms with Crippen molar-refractivity contribution >= 4 is 54.9 Å². The molecule has 1 aromatic rings.